The Morgan fingerprint density at radius 1 is 1.14 bits per heavy atom. The molecule has 0 spiro atoms. The number of hydrogen-bond acceptors (Lipinski definition) is 3. The SMILES string of the molecule is OCc1c(-c2ccc(F)cc2F)noc1-c1cccc(Cl)c1. The van der Waals surface area contributed by atoms with E-state index in [1.54, 1.807) is 24.3 Å². The van der Waals surface area contributed by atoms with Crippen molar-refractivity contribution in [1.29, 1.82) is 0 Å². The molecule has 22 heavy (non-hydrogen) atoms. The molecule has 0 aliphatic rings. The van der Waals surface area contributed by atoms with Crippen LogP contribution in [0.5, 0.6) is 0 Å². The van der Waals surface area contributed by atoms with E-state index in [0.717, 1.165) is 12.1 Å². The third kappa shape index (κ3) is 2.61. The molecule has 2 aromatic carbocycles. The maximum absolute atomic E-state index is 13.9. The number of rotatable bonds is 3. The van der Waals surface area contributed by atoms with E-state index in [2.05, 4.69) is 5.16 Å². The Kier molecular flexibility index (Phi) is 3.92. The molecule has 0 atom stereocenters. The Morgan fingerprint density at radius 3 is 2.64 bits per heavy atom. The van der Waals surface area contributed by atoms with E-state index in [-0.39, 0.29) is 11.3 Å². The molecule has 0 unspecified atom stereocenters. The Morgan fingerprint density at radius 2 is 1.95 bits per heavy atom. The molecule has 0 aliphatic carbocycles. The van der Waals surface area contributed by atoms with Crippen molar-refractivity contribution in [3.8, 4) is 22.6 Å². The van der Waals surface area contributed by atoms with Crippen LogP contribution < -0.4 is 0 Å². The summed E-state index contributed by atoms with van der Waals surface area (Å²) in [6.45, 7) is -0.405. The number of benzene rings is 2. The molecule has 112 valence electrons. The Hall–Kier alpha value is -2.24. The van der Waals surface area contributed by atoms with Gasteiger partial charge in [0.25, 0.3) is 0 Å². The van der Waals surface area contributed by atoms with Gasteiger partial charge in [-0.2, -0.15) is 0 Å². The van der Waals surface area contributed by atoms with Gasteiger partial charge in [0.15, 0.2) is 5.76 Å². The summed E-state index contributed by atoms with van der Waals surface area (Å²) >= 11 is 5.93. The summed E-state index contributed by atoms with van der Waals surface area (Å²) in [6, 6.07) is 9.92. The minimum atomic E-state index is -0.777. The molecular weight excluding hydrogens is 312 g/mol. The number of aromatic nitrogens is 1. The van der Waals surface area contributed by atoms with E-state index in [1.165, 1.54) is 6.07 Å². The Labute approximate surface area is 129 Å². The van der Waals surface area contributed by atoms with Crippen molar-refractivity contribution in [2.24, 2.45) is 0 Å². The summed E-state index contributed by atoms with van der Waals surface area (Å²) in [5.74, 6) is -1.17. The summed E-state index contributed by atoms with van der Waals surface area (Å²) in [4.78, 5) is 0. The molecule has 1 heterocycles. The first-order valence-corrected chi connectivity index (χ1v) is 6.78. The lowest BCUT2D eigenvalue weighted by Gasteiger charge is -2.03. The van der Waals surface area contributed by atoms with Crippen LogP contribution in [-0.2, 0) is 6.61 Å². The monoisotopic (exact) mass is 321 g/mol. The van der Waals surface area contributed by atoms with Crippen LogP contribution in [0.1, 0.15) is 5.56 Å². The minimum absolute atomic E-state index is 0.0579. The van der Waals surface area contributed by atoms with Gasteiger partial charge in [0.1, 0.15) is 17.3 Å². The van der Waals surface area contributed by atoms with E-state index in [4.69, 9.17) is 16.1 Å². The van der Waals surface area contributed by atoms with E-state index in [0.29, 0.717) is 21.9 Å². The topological polar surface area (TPSA) is 46.3 Å². The fourth-order valence-electron chi connectivity index (χ4n) is 2.21. The molecule has 3 rings (SSSR count). The van der Waals surface area contributed by atoms with Crippen LogP contribution in [0.3, 0.4) is 0 Å². The molecule has 0 bridgehead atoms. The molecule has 3 nitrogen and oxygen atoms in total. The summed E-state index contributed by atoms with van der Waals surface area (Å²) < 4.78 is 32.2. The predicted octanol–water partition coefficient (Wildman–Crippen LogP) is 4.43. The van der Waals surface area contributed by atoms with Crippen LogP contribution in [0, 0.1) is 11.6 Å². The largest absolute Gasteiger partial charge is 0.391 e. The van der Waals surface area contributed by atoms with Crippen LogP contribution in [0.4, 0.5) is 8.78 Å². The van der Waals surface area contributed by atoms with Crippen molar-refractivity contribution in [3.63, 3.8) is 0 Å². The predicted molar refractivity (Wildman–Crippen MR) is 78.2 cm³/mol. The lowest BCUT2D eigenvalue weighted by Crippen LogP contribution is -1.92. The quantitative estimate of drug-likeness (QED) is 0.776. The maximum Gasteiger partial charge on any atom is 0.173 e. The van der Waals surface area contributed by atoms with Crippen molar-refractivity contribution >= 4 is 11.6 Å². The molecule has 1 N–H and O–H groups in total. The van der Waals surface area contributed by atoms with Gasteiger partial charge in [-0.25, -0.2) is 8.78 Å². The highest BCUT2D eigenvalue weighted by molar-refractivity contribution is 6.30. The van der Waals surface area contributed by atoms with Crippen LogP contribution in [0.15, 0.2) is 47.0 Å². The molecule has 3 aromatic rings. The normalized spacial score (nSPS) is 10.9. The maximum atomic E-state index is 13.9. The second-order valence-electron chi connectivity index (χ2n) is 4.63. The molecule has 0 saturated heterocycles. The third-order valence-corrected chi connectivity index (χ3v) is 3.45. The molecule has 0 radical (unpaired) electrons. The number of aliphatic hydroxyl groups is 1. The van der Waals surface area contributed by atoms with Gasteiger partial charge in [-0.05, 0) is 24.3 Å². The second-order valence-corrected chi connectivity index (χ2v) is 5.07. The van der Waals surface area contributed by atoms with Gasteiger partial charge in [-0.1, -0.05) is 28.9 Å². The van der Waals surface area contributed by atoms with Crippen molar-refractivity contribution < 1.29 is 18.4 Å². The highest BCUT2D eigenvalue weighted by atomic mass is 35.5. The van der Waals surface area contributed by atoms with Gasteiger partial charge in [0, 0.05) is 22.2 Å². The summed E-state index contributed by atoms with van der Waals surface area (Å²) in [7, 11) is 0. The molecular formula is C16H10ClF2NO2. The molecule has 0 fully saturated rings. The minimum Gasteiger partial charge on any atom is -0.391 e. The van der Waals surface area contributed by atoms with Gasteiger partial charge in [-0.3, -0.25) is 0 Å². The first-order chi connectivity index (χ1) is 10.6. The average molecular weight is 322 g/mol. The zero-order valence-corrected chi connectivity index (χ0v) is 11.9. The van der Waals surface area contributed by atoms with E-state index in [9.17, 15) is 13.9 Å². The average Bonchev–Trinajstić information content (AvgIpc) is 2.91. The standard InChI is InChI=1S/C16H10ClF2NO2/c17-10-3-1-2-9(6-10)16-13(8-21)15(20-22-16)12-5-4-11(18)7-14(12)19/h1-7,21H,8H2. The van der Waals surface area contributed by atoms with Gasteiger partial charge < -0.3 is 9.63 Å². The smallest absolute Gasteiger partial charge is 0.173 e. The molecule has 0 amide bonds. The number of hydrogen-bond donors (Lipinski definition) is 1. The fraction of sp³-hybridized carbons (Fsp3) is 0.0625. The number of nitrogens with zero attached hydrogens (tertiary/aromatic N) is 1. The van der Waals surface area contributed by atoms with Crippen LogP contribution in [0.25, 0.3) is 22.6 Å². The highest BCUT2D eigenvalue weighted by Gasteiger charge is 2.21. The number of halogens is 3. The number of aliphatic hydroxyl groups excluding tert-OH is 1. The zero-order chi connectivity index (χ0) is 15.7. The summed E-state index contributed by atoms with van der Waals surface area (Å²) in [5.41, 5.74) is 1.11. The van der Waals surface area contributed by atoms with Crippen molar-refractivity contribution in [2.75, 3.05) is 0 Å². The van der Waals surface area contributed by atoms with Gasteiger partial charge in [0.2, 0.25) is 0 Å². The molecule has 6 heteroatoms. The summed E-state index contributed by atoms with van der Waals surface area (Å²) in [5, 5.41) is 13.9. The fourth-order valence-corrected chi connectivity index (χ4v) is 2.40. The lowest BCUT2D eigenvalue weighted by atomic mass is 10.0. The van der Waals surface area contributed by atoms with Crippen molar-refractivity contribution in [1.82, 2.24) is 5.16 Å². The first kappa shape index (κ1) is 14.7. The van der Waals surface area contributed by atoms with Crippen LogP contribution in [0.2, 0.25) is 5.02 Å². The zero-order valence-electron chi connectivity index (χ0n) is 11.2. The van der Waals surface area contributed by atoms with Crippen molar-refractivity contribution in [3.05, 3.63) is 64.7 Å². The first-order valence-electron chi connectivity index (χ1n) is 6.41. The van der Waals surface area contributed by atoms with Crippen LogP contribution in [-0.4, -0.2) is 10.3 Å². The van der Waals surface area contributed by atoms with Gasteiger partial charge in [-0.15, -0.1) is 0 Å². The van der Waals surface area contributed by atoms with Gasteiger partial charge >= 0.3 is 0 Å². The lowest BCUT2D eigenvalue weighted by molar-refractivity contribution is 0.281. The van der Waals surface area contributed by atoms with E-state index in [1.807, 2.05) is 0 Å². The molecule has 0 aliphatic heterocycles. The third-order valence-electron chi connectivity index (χ3n) is 3.22. The molecule has 0 saturated carbocycles. The second kappa shape index (κ2) is 5.87. The molecule has 1 aromatic heterocycles. The summed E-state index contributed by atoms with van der Waals surface area (Å²) in [6.07, 6.45) is 0. The van der Waals surface area contributed by atoms with Gasteiger partial charge in [0.05, 0.1) is 12.2 Å². The Bertz CT molecular complexity index is 833. The van der Waals surface area contributed by atoms with E-state index >= 15 is 0 Å². The Balaban J connectivity index is 2.15. The van der Waals surface area contributed by atoms with E-state index < -0.39 is 18.2 Å². The van der Waals surface area contributed by atoms with Crippen LogP contribution >= 0.6 is 11.6 Å². The highest BCUT2D eigenvalue weighted by Crippen LogP contribution is 2.34. The van der Waals surface area contributed by atoms with Crippen molar-refractivity contribution in [2.45, 2.75) is 6.61 Å².